The van der Waals surface area contributed by atoms with Crippen molar-refractivity contribution >= 4 is 38.6 Å². The second kappa shape index (κ2) is 11.8. The number of hydrogen-bond donors (Lipinski definition) is 1. The molecule has 0 bridgehead atoms. The number of rotatable bonds is 7. The van der Waals surface area contributed by atoms with Crippen molar-refractivity contribution in [3.8, 4) is 11.5 Å². The van der Waals surface area contributed by atoms with Gasteiger partial charge in [0.1, 0.15) is 17.2 Å². The molecule has 3 aromatic carbocycles. The van der Waals surface area contributed by atoms with Crippen molar-refractivity contribution in [3.05, 3.63) is 94.1 Å². The maximum atomic E-state index is 14.9. The van der Waals surface area contributed by atoms with E-state index in [4.69, 9.17) is 9.47 Å². The van der Waals surface area contributed by atoms with E-state index < -0.39 is 5.54 Å². The zero-order chi connectivity index (χ0) is 29.3. The molecule has 1 unspecified atom stereocenters. The fraction of sp³-hybridized carbons (Fsp3) is 0.353. The summed E-state index contributed by atoms with van der Waals surface area (Å²) >= 11 is 3.59. The van der Waals surface area contributed by atoms with Crippen LogP contribution >= 0.6 is 15.9 Å². The first kappa shape index (κ1) is 28.3. The summed E-state index contributed by atoms with van der Waals surface area (Å²) in [5, 5.41) is 4.35. The van der Waals surface area contributed by atoms with Gasteiger partial charge in [-0.05, 0) is 54.8 Å². The number of carbonyl (C=O) groups excluding carboxylic acids is 2. The molecule has 2 heterocycles. The Bertz CT molecular complexity index is 1610. The van der Waals surface area contributed by atoms with Crippen LogP contribution in [-0.2, 0) is 23.4 Å². The average molecular weight is 631 g/mol. The van der Waals surface area contributed by atoms with Crippen LogP contribution in [0.2, 0.25) is 0 Å². The number of benzene rings is 3. The lowest BCUT2D eigenvalue weighted by Crippen LogP contribution is -2.64. The molecular weight excluding hydrogens is 594 g/mol. The molecule has 8 heteroatoms. The average Bonchev–Trinajstić information content (AvgIpc) is 3.17. The molecule has 0 radical (unpaired) electrons. The summed E-state index contributed by atoms with van der Waals surface area (Å²) in [6.07, 6.45) is 6.44. The summed E-state index contributed by atoms with van der Waals surface area (Å²) in [5.41, 5.74) is 1.68. The van der Waals surface area contributed by atoms with E-state index >= 15 is 0 Å². The molecule has 6 rings (SSSR count). The fourth-order valence-corrected chi connectivity index (χ4v) is 7.01. The van der Waals surface area contributed by atoms with Gasteiger partial charge in [-0.3, -0.25) is 9.59 Å². The first-order chi connectivity index (χ1) is 20.4. The third-order valence-corrected chi connectivity index (χ3v) is 9.30. The van der Waals surface area contributed by atoms with E-state index in [1.54, 1.807) is 19.1 Å². The normalized spacial score (nSPS) is 19.3. The van der Waals surface area contributed by atoms with Crippen LogP contribution in [0.3, 0.4) is 0 Å². The minimum Gasteiger partial charge on any atom is -0.497 e. The predicted octanol–water partition coefficient (Wildman–Crippen LogP) is 6.81. The largest absolute Gasteiger partial charge is 0.497 e. The highest BCUT2D eigenvalue weighted by Gasteiger charge is 2.53. The van der Waals surface area contributed by atoms with Gasteiger partial charge in [-0.25, -0.2) is 0 Å². The van der Waals surface area contributed by atoms with Gasteiger partial charge in [0.2, 0.25) is 0 Å². The second-order valence-corrected chi connectivity index (χ2v) is 12.2. The standard InChI is InChI=1S/C34H36BrN3O4/c1-41-28-16-14-23-19-30-32(39)38(21-24-18-26(35)15-17-31(24)42-2)34(22-37(30)29(23)20-28,25-10-6-5-7-11-25)33(40)36-27-12-8-3-4-9-13-27/h5-7,10-11,14-20,27H,3-4,8-9,12-13,21-22H2,1-2H3,(H,36,40). The smallest absolute Gasteiger partial charge is 0.272 e. The molecule has 218 valence electrons. The summed E-state index contributed by atoms with van der Waals surface area (Å²) in [5.74, 6) is 0.995. The van der Waals surface area contributed by atoms with E-state index in [9.17, 15) is 9.59 Å². The highest BCUT2D eigenvalue weighted by Crippen LogP contribution is 2.42. The fourth-order valence-electron chi connectivity index (χ4n) is 6.60. The summed E-state index contributed by atoms with van der Waals surface area (Å²) in [7, 11) is 3.26. The highest BCUT2D eigenvalue weighted by molar-refractivity contribution is 9.10. The molecule has 42 heavy (non-hydrogen) atoms. The van der Waals surface area contributed by atoms with Gasteiger partial charge >= 0.3 is 0 Å². The van der Waals surface area contributed by atoms with Gasteiger partial charge in [-0.1, -0.05) is 71.9 Å². The van der Waals surface area contributed by atoms with Crippen molar-refractivity contribution in [2.24, 2.45) is 0 Å². The molecule has 1 aromatic heterocycles. The Hall–Kier alpha value is -3.78. The zero-order valence-electron chi connectivity index (χ0n) is 24.1. The maximum absolute atomic E-state index is 14.9. The molecule has 2 amide bonds. The minimum atomic E-state index is -1.31. The van der Waals surface area contributed by atoms with Crippen LogP contribution in [0.5, 0.6) is 11.5 Å². The molecule has 0 spiro atoms. The Balaban J connectivity index is 1.56. The molecule has 1 atom stereocenters. The molecule has 1 N–H and O–H groups in total. The van der Waals surface area contributed by atoms with E-state index in [2.05, 4.69) is 21.2 Å². The van der Waals surface area contributed by atoms with Crippen LogP contribution in [0.25, 0.3) is 10.9 Å². The minimum absolute atomic E-state index is 0.0702. The van der Waals surface area contributed by atoms with Crippen LogP contribution in [0.1, 0.15) is 60.1 Å². The number of hydrogen-bond acceptors (Lipinski definition) is 4. The van der Waals surface area contributed by atoms with E-state index in [0.29, 0.717) is 17.2 Å². The Kier molecular flexibility index (Phi) is 7.99. The number of ether oxygens (including phenoxy) is 2. The molecule has 4 aromatic rings. The molecule has 1 aliphatic heterocycles. The number of nitrogens with zero attached hydrogens (tertiary/aromatic N) is 2. The van der Waals surface area contributed by atoms with Crippen LogP contribution in [0.15, 0.2) is 77.3 Å². The third kappa shape index (κ3) is 5.06. The van der Waals surface area contributed by atoms with Crippen molar-refractivity contribution < 1.29 is 19.1 Å². The van der Waals surface area contributed by atoms with E-state index in [1.807, 2.05) is 77.4 Å². The summed E-state index contributed by atoms with van der Waals surface area (Å²) in [6, 6.07) is 23.3. The van der Waals surface area contributed by atoms with Crippen molar-refractivity contribution in [2.75, 3.05) is 14.2 Å². The van der Waals surface area contributed by atoms with Crippen LogP contribution in [-0.4, -0.2) is 41.5 Å². The summed E-state index contributed by atoms with van der Waals surface area (Å²) in [4.78, 5) is 31.3. The molecule has 0 saturated heterocycles. The van der Waals surface area contributed by atoms with E-state index in [-0.39, 0.29) is 30.9 Å². The molecule has 7 nitrogen and oxygen atoms in total. The van der Waals surface area contributed by atoms with E-state index in [1.165, 1.54) is 12.8 Å². The SMILES string of the molecule is COc1ccc2cc3n(c2c1)CC(C(=O)NC1CCCCCC1)(c1ccccc1)N(Cc1cc(Br)ccc1OC)C3=O. The predicted molar refractivity (Wildman–Crippen MR) is 167 cm³/mol. The number of amides is 2. The first-order valence-electron chi connectivity index (χ1n) is 14.6. The Morgan fingerprint density at radius 3 is 2.43 bits per heavy atom. The molecule has 1 aliphatic carbocycles. The molecule has 1 saturated carbocycles. The van der Waals surface area contributed by atoms with Gasteiger partial charge in [0.15, 0.2) is 5.54 Å². The Labute approximate surface area is 254 Å². The number of carbonyl (C=O) groups is 2. The lowest BCUT2D eigenvalue weighted by molar-refractivity contribution is -0.136. The number of fused-ring (bicyclic) bond motifs is 3. The molecular formula is C34H36BrN3O4. The Morgan fingerprint density at radius 2 is 1.71 bits per heavy atom. The number of halogens is 1. The van der Waals surface area contributed by atoms with Crippen molar-refractivity contribution in [3.63, 3.8) is 0 Å². The van der Waals surface area contributed by atoms with Gasteiger partial charge in [-0.15, -0.1) is 0 Å². The number of methoxy groups -OCH3 is 2. The molecule has 2 aliphatic rings. The van der Waals surface area contributed by atoms with Crippen molar-refractivity contribution in [2.45, 2.75) is 63.2 Å². The van der Waals surface area contributed by atoms with Gasteiger partial charge in [0.05, 0.1) is 32.8 Å². The number of aromatic nitrogens is 1. The summed E-state index contributed by atoms with van der Waals surface area (Å²) < 4.78 is 14.1. The zero-order valence-corrected chi connectivity index (χ0v) is 25.7. The van der Waals surface area contributed by atoms with Gasteiger partial charge in [-0.2, -0.15) is 0 Å². The quantitative estimate of drug-likeness (QED) is 0.228. The first-order valence-corrected chi connectivity index (χ1v) is 15.4. The second-order valence-electron chi connectivity index (χ2n) is 11.3. The maximum Gasteiger partial charge on any atom is 0.272 e. The van der Waals surface area contributed by atoms with Crippen LogP contribution in [0.4, 0.5) is 0 Å². The van der Waals surface area contributed by atoms with Crippen molar-refractivity contribution in [1.82, 2.24) is 14.8 Å². The number of nitrogens with one attached hydrogen (secondary N) is 1. The van der Waals surface area contributed by atoms with Gasteiger partial charge in [0.25, 0.3) is 11.8 Å². The molecule has 1 fully saturated rings. The summed E-state index contributed by atoms with van der Waals surface area (Å²) in [6.45, 7) is 0.461. The van der Waals surface area contributed by atoms with Gasteiger partial charge < -0.3 is 24.3 Å². The lowest BCUT2D eigenvalue weighted by atomic mass is 9.83. The van der Waals surface area contributed by atoms with Crippen LogP contribution in [0, 0.1) is 0 Å². The lowest BCUT2D eigenvalue weighted by Gasteiger charge is -2.47. The Morgan fingerprint density at radius 1 is 0.952 bits per heavy atom. The van der Waals surface area contributed by atoms with Crippen LogP contribution < -0.4 is 14.8 Å². The third-order valence-electron chi connectivity index (χ3n) is 8.81. The van der Waals surface area contributed by atoms with Crippen molar-refractivity contribution in [1.29, 1.82) is 0 Å². The van der Waals surface area contributed by atoms with E-state index in [0.717, 1.165) is 52.2 Å². The highest BCUT2D eigenvalue weighted by atomic mass is 79.9. The monoisotopic (exact) mass is 629 g/mol. The topological polar surface area (TPSA) is 72.8 Å². The van der Waals surface area contributed by atoms with Gasteiger partial charge in [0, 0.05) is 27.5 Å².